The third kappa shape index (κ3) is 3.97. The van der Waals surface area contributed by atoms with Crippen LogP contribution in [0.25, 0.3) is 16.7 Å². The molecule has 0 aliphatic heterocycles. The number of amides is 1. The van der Waals surface area contributed by atoms with E-state index in [0.29, 0.717) is 12.1 Å². The summed E-state index contributed by atoms with van der Waals surface area (Å²) in [6.07, 6.45) is 0.465. The number of pyridine rings is 1. The smallest absolute Gasteiger partial charge is 0.253 e. The van der Waals surface area contributed by atoms with Crippen molar-refractivity contribution in [1.29, 1.82) is 0 Å². The fourth-order valence-electron chi connectivity index (χ4n) is 4.75. The van der Waals surface area contributed by atoms with Crippen molar-refractivity contribution in [1.82, 2.24) is 14.3 Å². The average molecular weight is 443 g/mol. The first-order chi connectivity index (χ1) is 15.7. The van der Waals surface area contributed by atoms with Crippen LogP contribution < -0.4 is 10.9 Å². The highest BCUT2D eigenvalue weighted by molar-refractivity contribution is 5.96. The van der Waals surface area contributed by atoms with Gasteiger partial charge in [0.2, 0.25) is 5.91 Å². The molecule has 2 aromatic carbocycles. The predicted molar refractivity (Wildman–Crippen MR) is 133 cm³/mol. The molecule has 0 spiro atoms. The number of carbonyl (C=O) groups excluding carboxylic acids is 1. The van der Waals surface area contributed by atoms with Crippen molar-refractivity contribution in [3.8, 4) is 5.69 Å². The molecule has 1 N–H and O–H groups in total. The van der Waals surface area contributed by atoms with Crippen LogP contribution in [0.2, 0.25) is 0 Å². The second-order valence-corrected chi connectivity index (χ2v) is 8.75. The first kappa shape index (κ1) is 22.5. The first-order valence-corrected chi connectivity index (χ1v) is 11.3. The predicted octanol–water partition coefficient (Wildman–Crippen LogP) is 5.32. The van der Waals surface area contributed by atoms with Gasteiger partial charge in [0, 0.05) is 17.1 Å². The molecule has 2 heterocycles. The van der Waals surface area contributed by atoms with E-state index >= 15 is 0 Å². The van der Waals surface area contributed by atoms with Crippen LogP contribution in [-0.2, 0) is 4.79 Å². The quantitative estimate of drug-likeness (QED) is 0.455. The van der Waals surface area contributed by atoms with E-state index in [-0.39, 0.29) is 11.5 Å². The molecule has 0 aliphatic carbocycles. The van der Waals surface area contributed by atoms with E-state index in [0.717, 1.165) is 44.7 Å². The monoisotopic (exact) mass is 442 g/mol. The van der Waals surface area contributed by atoms with Crippen LogP contribution in [-0.4, -0.2) is 20.3 Å². The molecule has 0 saturated heterocycles. The molecule has 1 unspecified atom stereocenters. The van der Waals surface area contributed by atoms with E-state index in [1.165, 1.54) is 0 Å². The zero-order valence-corrected chi connectivity index (χ0v) is 20.1. The fourth-order valence-corrected chi connectivity index (χ4v) is 4.75. The molecule has 170 valence electrons. The van der Waals surface area contributed by atoms with Gasteiger partial charge in [0.25, 0.3) is 5.56 Å². The Labute approximate surface area is 193 Å². The van der Waals surface area contributed by atoms with Crippen molar-refractivity contribution in [2.75, 3.05) is 5.32 Å². The number of benzene rings is 2. The summed E-state index contributed by atoms with van der Waals surface area (Å²) in [5.74, 6) is -0.210. The Balaban J connectivity index is 1.91. The maximum absolute atomic E-state index is 13.6. The molecule has 1 amide bonds. The fraction of sp³-hybridized carbons (Fsp3) is 0.296. The third-order valence-electron chi connectivity index (χ3n) is 6.16. The Kier molecular flexibility index (Phi) is 5.93. The standard InChI is InChI=1S/C27H30N4O2/c1-7-22(26(33)28-25-18(4)13-16(2)14-19(25)5)30-23(32)15-17(3)24-20(6)29-31(27(24)30)21-11-9-8-10-12-21/h8-15,22H,7H2,1-6H3,(H,28,33). The van der Waals surface area contributed by atoms with Gasteiger partial charge in [-0.3, -0.25) is 14.2 Å². The van der Waals surface area contributed by atoms with Crippen LogP contribution in [0.3, 0.4) is 0 Å². The Morgan fingerprint density at radius 2 is 1.61 bits per heavy atom. The number of aryl methyl sites for hydroxylation is 5. The summed E-state index contributed by atoms with van der Waals surface area (Å²) in [7, 11) is 0. The molecular weight excluding hydrogens is 412 g/mol. The number of nitrogens with zero attached hydrogens (tertiary/aromatic N) is 3. The number of para-hydroxylation sites is 1. The molecule has 2 aromatic heterocycles. The Morgan fingerprint density at radius 1 is 0.970 bits per heavy atom. The number of aromatic nitrogens is 3. The lowest BCUT2D eigenvalue weighted by molar-refractivity contribution is -0.119. The molecular formula is C27H30N4O2. The number of fused-ring (bicyclic) bond motifs is 1. The number of nitrogens with one attached hydrogen (secondary N) is 1. The summed E-state index contributed by atoms with van der Waals surface area (Å²) in [6, 6.07) is 14.7. The highest BCUT2D eigenvalue weighted by Crippen LogP contribution is 2.28. The topological polar surface area (TPSA) is 68.9 Å². The lowest BCUT2D eigenvalue weighted by Crippen LogP contribution is -2.34. The van der Waals surface area contributed by atoms with Crippen molar-refractivity contribution in [3.63, 3.8) is 0 Å². The molecule has 0 aliphatic rings. The van der Waals surface area contributed by atoms with Crippen LogP contribution in [0, 0.1) is 34.6 Å². The largest absolute Gasteiger partial charge is 0.324 e. The molecule has 0 saturated carbocycles. The summed E-state index contributed by atoms with van der Waals surface area (Å²) in [4.78, 5) is 26.9. The second-order valence-electron chi connectivity index (χ2n) is 8.75. The van der Waals surface area contributed by atoms with Gasteiger partial charge in [0.1, 0.15) is 11.7 Å². The zero-order chi connectivity index (χ0) is 23.9. The van der Waals surface area contributed by atoms with Crippen LogP contribution in [0.15, 0.2) is 53.3 Å². The molecule has 4 aromatic rings. The number of rotatable bonds is 5. The Hall–Kier alpha value is -3.67. The van der Waals surface area contributed by atoms with Gasteiger partial charge in [-0.05, 0) is 69.9 Å². The summed E-state index contributed by atoms with van der Waals surface area (Å²) in [5.41, 5.74) is 6.90. The Bertz CT molecular complexity index is 1390. The minimum Gasteiger partial charge on any atom is -0.324 e. The van der Waals surface area contributed by atoms with Gasteiger partial charge in [0.15, 0.2) is 0 Å². The van der Waals surface area contributed by atoms with Gasteiger partial charge in [0.05, 0.1) is 11.4 Å². The second kappa shape index (κ2) is 8.70. The molecule has 0 bridgehead atoms. The highest BCUT2D eigenvalue weighted by atomic mass is 16.2. The minimum atomic E-state index is -0.681. The average Bonchev–Trinajstić information content (AvgIpc) is 3.11. The number of carbonyl (C=O) groups is 1. The van der Waals surface area contributed by atoms with Crippen molar-refractivity contribution >= 4 is 22.6 Å². The van der Waals surface area contributed by atoms with Gasteiger partial charge in [-0.1, -0.05) is 42.8 Å². The van der Waals surface area contributed by atoms with E-state index in [1.807, 2.05) is 84.0 Å². The molecule has 33 heavy (non-hydrogen) atoms. The van der Waals surface area contributed by atoms with Gasteiger partial charge in [-0.15, -0.1) is 0 Å². The van der Waals surface area contributed by atoms with Crippen molar-refractivity contribution < 1.29 is 4.79 Å². The zero-order valence-electron chi connectivity index (χ0n) is 20.1. The van der Waals surface area contributed by atoms with Gasteiger partial charge < -0.3 is 5.32 Å². The summed E-state index contributed by atoms with van der Waals surface area (Å²) in [5, 5.41) is 8.74. The number of anilines is 1. The van der Waals surface area contributed by atoms with Crippen LogP contribution >= 0.6 is 0 Å². The van der Waals surface area contributed by atoms with Crippen molar-refractivity contribution in [2.45, 2.75) is 54.0 Å². The van der Waals surface area contributed by atoms with Gasteiger partial charge >= 0.3 is 0 Å². The minimum absolute atomic E-state index is 0.210. The van der Waals surface area contributed by atoms with E-state index in [1.54, 1.807) is 15.3 Å². The number of hydrogen-bond donors (Lipinski definition) is 1. The van der Waals surface area contributed by atoms with E-state index in [4.69, 9.17) is 5.10 Å². The van der Waals surface area contributed by atoms with E-state index in [2.05, 4.69) is 5.32 Å². The SMILES string of the molecule is CCC(C(=O)Nc1c(C)cc(C)cc1C)n1c(=O)cc(C)c2c(C)nn(-c3ccccc3)c21. The van der Waals surface area contributed by atoms with Crippen LogP contribution in [0.5, 0.6) is 0 Å². The summed E-state index contributed by atoms with van der Waals surface area (Å²) in [6.45, 7) is 11.8. The number of hydrogen-bond acceptors (Lipinski definition) is 3. The van der Waals surface area contributed by atoms with Gasteiger partial charge in [-0.25, -0.2) is 4.68 Å². The molecule has 0 radical (unpaired) electrons. The van der Waals surface area contributed by atoms with Crippen molar-refractivity contribution in [2.24, 2.45) is 0 Å². The lowest BCUT2D eigenvalue weighted by Gasteiger charge is -2.22. The maximum Gasteiger partial charge on any atom is 0.253 e. The van der Waals surface area contributed by atoms with Crippen molar-refractivity contribution in [3.05, 3.63) is 86.8 Å². The molecule has 6 nitrogen and oxygen atoms in total. The molecule has 0 fully saturated rings. The third-order valence-corrected chi connectivity index (χ3v) is 6.16. The molecule has 6 heteroatoms. The maximum atomic E-state index is 13.6. The van der Waals surface area contributed by atoms with Crippen LogP contribution in [0.4, 0.5) is 5.69 Å². The molecule has 4 rings (SSSR count). The first-order valence-electron chi connectivity index (χ1n) is 11.3. The molecule has 1 atom stereocenters. The summed E-state index contributed by atoms with van der Waals surface area (Å²) >= 11 is 0. The summed E-state index contributed by atoms with van der Waals surface area (Å²) < 4.78 is 3.38. The Morgan fingerprint density at radius 3 is 2.21 bits per heavy atom. The van der Waals surface area contributed by atoms with E-state index in [9.17, 15) is 9.59 Å². The van der Waals surface area contributed by atoms with Crippen LogP contribution in [0.1, 0.15) is 47.3 Å². The highest BCUT2D eigenvalue weighted by Gasteiger charge is 2.26. The lowest BCUT2D eigenvalue weighted by atomic mass is 10.0. The van der Waals surface area contributed by atoms with Gasteiger partial charge in [-0.2, -0.15) is 5.10 Å². The van der Waals surface area contributed by atoms with E-state index < -0.39 is 6.04 Å². The normalized spacial score (nSPS) is 12.2.